The van der Waals surface area contributed by atoms with E-state index in [9.17, 15) is 5.11 Å². The van der Waals surface area contributed by atoms with Gasteiger partial charge in [-0.2, -0.15) is 0 Å². The van der Waals surface area contributed by atoms with Crippen LogP contribution >= 0.6 is 0 Å². The molecule has 1 fully saturated rings. The molecule has 0 unspecified atom stereocenters. The van der Waals surface area contributed by atoms with Crippen LogP contribution in [0.5, 0.6) is 11.6 Å². The van der Waals surface area contributed by atoms with E-state index in [0.29, 0.717) is 34.6 Å². The van der Waals surface area contributed by atoms with Crippen LogP contribution in [0.25, 0.3) is 22.6 Å². The number of likely N-dealkylation sites (N-methyl/N-ethyl adjacent to an activating group) is 1. The molecule has 1 aliphatic rings. The van der Waals surface area contributed by atoms with Crippen LogP contribution in [0.3, 0.4) is 0 Å². The molecule has 28 heavy (non-hydrogen) atoms. The van der Waals surface area contributed by atoms with Crippen molar-refractivity contribution in [2.24, 2.45) is 0 Å². The second kappa shape index (κ2) is 7.73. The van der Waals surface area contributed by atoms with E-state index >= 15 is 0 Å². The van der Waals surface area contributed by atoms with Gasteiger partial charge in [-0.05, 0) is 31.7 Å². The van der Waals surface area contributed by atoms with Gasteiger partial charge in [0.1, 0.15) is 23.5 Å². The van der Waals surface area contributed by atoms with Crippen molar-refractivity contribution in [1.82, 2.24) is 30.5 Å². The molecule has 0 amide bonds. The first kappa shape index (κ1) is 18.1. The zero-order chi connectivity index (χ0) is 19.5. The number of hydrogen-bond acceptors (Lipinski definition) is 9. The van der Waals surface area contributed by atoms with Crippen molar-refractivity contribution in [3.05, 3.63) is 36.8 Å². The molecule has 3 aromatic heterocycles. The van der Waals surface area contributed by atoms with Gasteiger partial charge in [-0.25, -0.2) is 15.0 Å². The van der Waals surface area contributed by atoms with Crippen LogP contribution in [0, 0.1) is 0 Å². The van der Waals surface area contributed by atoms with Crippen LogP contribution in [0.4, 0.5) is 5.82 Å². The quantitative estimate of drug-likeness (QED) is 0.681. The van der Waals surface area contributed by atoms with Gasteiger partial charge in [-0.15, -0.1) is 10.2 Å². The lowest BCUT2D eigenvalue weighted by Crippen LogP contribution is -2.29. The van der Waals surface area contributed by atoms with E-state index in [-0.39, 0.29) is 5.75 Å². The molecule has 9 heteroatoms. The molecule has 0 bridgehead atoms. The van der Waals surface area contributed by atoms with Crippen molar-refractivity contribution < 1.29 is 9.84 Å². The Bertz CT molecular complexity index is 965. The summed E-state index contributed by atoms with van der Waals surface area (Å²) in [6, 6.07) is 7.48. The van der Waals surface area contributed by atoms with Gasteiger partial charge in [0.2, 0.25) is 5.88 Å². The molecule has 3 aromatic rings. The molecule has 1 saturated heterocycles. The zero-order valence-corrected chi connectivity index (χ0v) is 15.7. The van der Waals surface area contributed by atoms with Crippen molar-refractivity contribution in [2.45, 2.75) is 12.5 Å². The predicted octanol–water partition coefficient (Wildman–Crippen LogP) is 1.51. The van der Waals surface area contributed by atoms with Gasteiger partial charge in [0.25, 0.3) is 0 Å². The van der Waals surface area contributed by atoms with Gasteiger partial charge in [-0.1, -0.05) is 0 Å². The first-order chi connectivity index (χ1) is 13.7. The van der Waals surface area contributed by atoms with Gasteiger partial charge in [0.05, 0.1) is 12.8 Å². The summed E-state index contributed by atoms with van der Waals surface area (Å²) in [6.45, 7) is 1.85. The molecule has 0 spiro atoms. The molecular formula is C19H21N7O2. The minimum atomic E-state index is 0.00792. The SMILES string of the molecule is CN[C@@H]1CCN(c2ccc(-c3ncc(-c4cc(OC)ncn4)cc3O)nn2)C1. The summed E-state index contributed by atoms with van der Waals surface area (Å²) in [4.78, 5) is 14.7. The second-order valence-corrected chi connectivity index (χ2v) is 6.53. The smallest absolute Gasteiger partial charge is 0.216 e. The highest BCUT2D eigenvalue weighted by atomic mass is 16.5. The molecule has 1 aliphatic heterocycles. The van der Waals surface area contributed by atoms with Crippen LogP contribution in [0.15, 0.2) is 36.8 Å². The minimum Gasteiger partial charge on any atom is -0.506 e. The number of methoxy groups -OCH3 is 1. The van der Waals surface area contributed by atoms with Gasteiger partial charge in [-0.3, -0.25) is 0 Å². The first-order valence-corrected chi connectivity index (χ1v) is 8.99. The Kier molecular flexibility index (Phi) is 4.98. The Hall–Kier alpha value is -3.33. The molecule has 0 saturated carbocycles. The fourth-order valence-corrected chi connectivity index (χ4v) is 3.22. The Balaban J connectivity index is 1.56. The maximum absolute atomic E-state index is 10.5. The zero-order valence-electron chi connectivity index (χ0n) is 15.7. The van der Waals surface area contributed by atoms with Crippen LogP contribution < -0.4 is 15.0 Å². The number of nitrogens with zero attached hydrogens (tertiary/aromatic N) is 6. The lowest BCUT2D eigenvalue weighted by Gasteiger charge is -2.16. The van der Waals surface area contributed by atoms with Crippen molar-refractivity contribution >= 4 is 5.82 Å². The Morgan fingerprint density at radius 3 is 2.71 bits per heavy atom. The largest absolute Gasteiger partial charge is 0.506 e. The maximum Gasteiger partial charge on any atom is 0.216 e. The third-order valence-corrected chi connectivity index (χ3v) is 4.83. The van der Waals surface area contributed by atoms with Crippen LogP contribution in [0.2, 0.25) is 0 Å². The third kappa shape index (κ3) is 3.56. The van der Waals surface area contributed by atoms with Crippen molar-refractivity contribution in [2.75, 3.05) is 32.1 Å². The van der Waals surface area contributed by atoms with Crippen LogP contribution in [0.1, 0.15) is 6.42 Å². The highest BCUT2D eigenvalue weighted by Gasteiger charge is 2.22. The lowest BCUT2D eigenvalue weighted by atomic mass is 10.1. The summed E-state index contributed by atoms with van der Waals surface area (Å²) in [5.74, 6) is 1.27. The minimum absolute atomic E-state index is 0.00792. The van der Waals surface area contributed by atoms with E-state index in [4.69, 9.17) is 4.74 Å². The number of hydrogen-bond donors (Lipinski definition) is 2. The van der Waals surface area contributed by atoms with E-state index in [1.165, 1.54) is 13.4 Å². The summed E-state index contributed by atoms with van der Waals surface area (Å²) in [7, 11) is 3.51. The van der Waals surface area contributed by atoms with Crippen LogP contribution in [-0.4, -0.2) is 63.5 Å². The molecule has 0 aliphatic carbocycles. The number of pyridine rings is 1. The maximum atomic E-state index is 10.5. The Labute approximate surface area is 162 Å². The van der Waals surface area contributed by atoms with Gasteiger partial charge in [0.15, 0.2) is 5.82 Å². The summed E-state index contributed by atoms with van der Waals surface area (Å²) in [5.41, 5.74) is 2.15. The van der Waals surface area contributed by atoms with E-state index in [1.54, 1.807) is 18.3 Å². The number of ether oxygens (including phenoxy) is 1. The van der Waals surface area contributed by atoms with Crippen molar-refractivity contribution in [3.8, 4) is 34.3 Å². The van der Waals surface area contributed by atoms with Crippen molar-refractivity contribution in [1.29, 1.82) is 0 Å². The number of anilines is 1. The Morgan fingerprint density at radius 1 is 1.14 bits per heavy atom. The third-order valence-electron chi connectivity index (χ3n) is 4.83. The fraction of sp³-hybridized carbons (Fsp3) is 0.316. The molecular weight excluding hydrogens is 358 g/mol. The normalized spacial score (nSPS) is 16.4. The van der Waals surface area contributed by atoms with Gasteiger partial charge >= 0.3 is 0 Å². The highest BCUT2D eigenvalue weighted by Crippen LogP contribution is 2.30. The molecule has 0 radical (unpaired) electrons. The molecule has 144 valence electrons. The molecule has 0 aromatic carbocycles. The monoisotopic (exact) mass is 379 g/mol. The van der Waals surface area contributed by atoms with Gasteiger partial charge in [0, 0.05) is 37.0 Å². The lowest BCUT2D eigenvalue weighted by molar-refractivity contribution is 0.397. The van der Waals surface area contributed by atoms with Gasteiger partial charge < -0.3 is 20.1 Å². The molecule has 1 atom stereocenters. The molecule has 4 heterocycles. The topological polar surface area (TPSA) is 109 Å². The average molecular weight is 379 g/mol. The summed E-state index contributed by atoms with van der Waals surface area (Å²) < 4.78 is 5.11. The average Bonchev–Trinajstić information content (AvgIpc) is 3.23. The number of aromatic nitrogens is 5. The molecule has 9 nitrogen and oxygen atoms in total. The number of aromatic hydroxyl groups is 1. The highest BCUT2D eigenvalue weighted by molar-refractivity contribution is 5.69. The summed E-state index contributed by atoms with van der Waals surface area (Å²) in [5, 5.41) is 22.3. The van der Waals surface area contributed by atoms with E-state index in [0.717, 1.165) is 25.3 Å². The van der Waals surface area contributed by atoms with Crippen molar-refractivity contribution in [3.63, 3.8) is 0 Å². The second-order valence-electron chi connectivity index (χ2n) is 6.53. The molecule has 2 N–H and O–H groups in total. The number of rotatable bonds is 5. The standard InChI is InChI=1S/C19H21N7O2/c1-20-13-5-6-26(10-13)17-4-3-14(24-25-17)19-16(27)7-12(9-21-19)15-8-18(28-2)23-11-22-15/h3-4,7-9,11,13,20,27H,5-6,10H2,1-2H3/t13-/m1/s1. The fourth-order valence-electron chi connectivity index (χ4n) is 3.22. The number of nitrogens with one attached hydrogen (secondary N) is 1. The predicted molar refractivity (Wildman–Crippen MR) is 104 cm³/mol. The van der Waals surface area contributed by atoms with E-state index in [1.807, 2.05) is 19.2 Å². The first-order valence-electron chi connectivity index (χ1n) is 8.99. The molecule has 4 rings (SSSR count). The summed E-state index contributed by atoms with van der Waals surface area (Å²) >= 11 is 0. The Morgan fingerprint density at radius 2 is 2.04 bits per heavy atom. The van der Waals surface area contributed by atoms with Crippen LogP contribution in [-0.2, 0) is 0 Å². The summed E-state index contributed by atoms with van der Waals surface area (Å²) in [6.07, 6.45) is 4.11. The van der Waals surface area contributed by atoms with E-state index < -0.39 is 0 Å². The van der Waals surface area contributed by atoms with E-state index in [2.05, 4.69) is 35.4 Å².